The van der Waals surface area contributed by atoms with Crippen molar-refractivity contribution in [2.45, 2.75) is 0 Å². The van der Waals surface area contributed by atoms with Gasteiger partial charge in [-0.3, -0.25) is 5.10 Å². The molecule has 2 aromatic rings. The van der Waals surface area contributed by atoms with Crippen molar-refractivity contribution >= 4 is 23.3 Å². The maximum Gasteiger partial charge on any atom is 0.353 e. The van der Waals surface area contributed by atoms with E-state index in [0.717, 1.165) is 0 Å². The SMILES string of the molecule is Nc1cc(-c2cc(C(=O)O)[nH]n2)ccc1Cl. The van der Waals surface area contributed by atoms with Gasteiger partial charge in [0, 0.05) is 5.56 Å². The number of nitrogens with one attached hydrogen (secondary N) is 1. The van der Waals surface area contributed by atoms with E-state index < -0.39 is 5.97 Å². The number of carboxylic acids is 1. The summed E-state index contributed by atoms with van der Waals surface area (Å²) < 4.78 is 0. The van der Waals surface area contributed by atoms with Crippen LogP contribution in [0.5, 0.6) is 0 Å². The molecule has 1 aromatic heterocycles. The fourth-order valence-electron chi connectivity index (χ4n) is 1.28. The lowest BCUT2D eigenvalue weighted by molar-refractivity contribution is 0.0690. The van der Waals surface area contributed by atoms with E-state index in [1.165, 1.54) is 6.07 Å². The standard InChI is InChI=1S/C10H8ClN3O2/c11-6-2-1-5(3-7(6)12)8-4-9(10(15)16)14-13-8/h1-4H,12H2,(H,13,14)(H,15,16). The minimum absolute atomic E-state index is 0.0310. The lowest BCUT2D eigenvalue weighted by Crippen LogP contribution is -1.95. The Kier molecular flexibility index (Phi) is 2.54. The number of benzene rings is 1. The molecule has 4 N–H and O–H groups in total. The molecule has 16 heavy (non-hydrogen) atoms. The van der Waals surface area contributed by atoms with Gasteiger partial charge in [0.25, 0.3) is 0 Å². The molecule has 0 unspecified atom stereocenters. The van der Waals surface area contributed by atoms with Gasteiger partial charge in [-0.2, -0.15) is 5.10 Å². The van der Waals surface area contributed by atoms with Crippen LogP contribution in [0.4, 0.5) is 5.69 Å². The van der Waals surface area contributed by atoms with Crippen LogP contribution in [0.3, 0.4) is 0 Å². The van der Waals surface area contributed by atoms with E-state index >= 15 is 0 Å². The molecule has 0 radical (unpaired) electrons. The molecule has 0 spiro atoms. The van der Waals surface area contributed by atoms with Gasteiger partial charge in [0.05, 0.1) is 16.4 Å². The van der Waals surface area contributed by atoms with Gasteiger partial charge in [-0.1, -0.05) is 17.7 Å². The topological polar surface area (TPSA) is 92.0 Å². The molecule has 0 amide bonds. The van der Waals surface area contributed by atoms with E-state index in [2.05, 4.69) is 10.2 Å². The van der Waals surface area contributed by atoms with Gasteiger partial charge < -0.3 is 10.8 Å². The van der Waals surface area contributed by atoms with Gasteiger partial charge in [-0.15, -0.1) is 0 Å². The summed E-state index contributed by atoms with van der Waals surface area (Å²) in [4.78, 5) is 10.6. The van der Waals surface area contributed by atoms with E-state index in [0.29, 0.717) is 22.0 Å². The van der Waals surface area contributed by atoms with Crippen molar-refractivity contribution in [1.82, 2.24) is 10.2 Å². The van der Waals surface area contributed by atoms with Crippen molar-refractivity contribution in [3.8, 4) is 11.3 Å². The minimum atomic E-state index is -1.05. The van der Waals surface area contributed by atoms with E-state index in [1.807, 2.05) is 0 Å². The smallest absolute Gasteiger partial charge is 0.353 e. The summed E-state index contributed by atoms with van der Waals surface area (Å²) in [5.41, 5.74) is 7.33. The molecule has 0 saturated carbocycles. The zero-order valence-electron chi connectivity index (χ0n) is 8.07. The molecular weight excluding hydrogens is 230 g/mol. The van der Waals surface area contributed by atoms with Crippen LogP contribution in [0.1, 0.15) is 10.5 Å². The number of nitrogens with zero attached hydrogens (tertiary/aromatic N) is 1. The van der Waals surface area contributed by atoms with Gasteiger partial charge in [-0.25, -0.2) is 4.79 Å². The average Bonchev–Trinajstić information content (AvgIpc) is 2.71. The zero-order valence-corrected chi connectivity index (χ0v) is 8.82. The van der Waals surface area contributed by atoms with Crippen LogP contribution in [-0.2, 0) is 0 Å². The Balaban J connectivity index is 2.42. The number of hydrogen-bond donors (Lipinski definition) is 3. The Morgan fingerprint density at radius 1 is 1.44 bits per heavy atom. The second kappa shape index (κ2) is 3.86. The van der Waals surface area contributed by atoms with Crippen LogP contribution in [0.25, 0.3) is 11.3 Å². The zero-order chi connectivity index (χ0) is 11.7. The first kappa shape index (κ1) is 10.5. The van der Waals surface area contributed by atoms with Crippen LogP contribution >= 0.6 is 11.6 Å². The molecule has 1 heterocycles. The van der Waals surface area contributed by atoms with Crippen molar-refractivity contribution < 1.29 is 9.90 Å². The molecule has 0 bridgehead atoms. The Labute approximate surface area is 95.8 Å². The molecule has 0 aliphatic heterocycles. The molecule has 6 heteroatoms. The summed E-state index contributed by atoms with van der Waals surface area (Å²) in [5, 5.41) is 15.5. The van der Waals surface area contributed by atoms with Crippen molar-refractivity contribution in [3.63, 3.8) is 0 Å². The monoisotopic (exact) mass is 237 g/mol. The van der Waals surface area contributed by atoms with Crippen LogP contribution in [-0.4, -0.2) is 21.3 Å². The number of H-pyrrole nitrogens is 1. The van der Waals surface area contributed by atoms with E-state index in [1.54, 1.807) is 18.2 Å². The Morgan fingerprint density at radius 2 is 2.19 bits per heavy atom. The van der Waals surface area contributed by atoms with E-state index in [-0.39, 0.29) is 5.69 Å². The first-order valence-electron chi connectivity index (χ1n) is 4.42. The summed E-state index contributed by atoms with van der Waals surface area (Å²) in [6.07, 6.45) is 0. The van der Waals surface area contributed by atoms with Gasteiger partial charge in [0.15, 0.2) is 0 Å². The third kappa shape index (κ3) is 1.85. The predicted molar refractivity (Wildman–Crippen MR) is 60.4 cm³/mol. The number of nitrogen functional groups attached to an aromatic ring is 1. The maximum atomic E-state index is 10.6. The molecule has 2 rings (SSSR count). The highest BCUT2D eigenvalue weighted by atomic mass is 35.5. The maximum absolute atomic E-state index is 10.6. The predicted octanol–water partition coefficient (Wildman–Crippen LogP) is 2.01. The van der Waals surface area contributed by atoms with E-state index in [4.69, 9.17) is 22.4 Å². The number of carbonyl (C=O) groups is 1. The first-order valence-corrected chi connectivity index (χ1v) is 4.80. The quantitative estimate of drug-likeness (QED) is 0.697. The summed E-state index contributed by atoms with van der Waals surface area (Å²) in [7, 11) is 0. The molecule has 1 aromatic carbocycles. The Hall–Kier alpha value is -2.01. The van der Waals surface area contributed by atoms with Crippen molar-refractivity contribution in [2.24, 2.45) is 0 Å². The highest BCUT2D eigenvalue weighted by Crippen LogP contribution is 2.25. The first-order chi connectivity index (χ1) is 7.58. The summed E-state index contributed by atoms with van der Waals surface area (Å²) in [5.74, 6) is -1.05. The molecule has 5 nitrogen and oxygen atoms in total. The lowest BCUT2D eigenvalue weighted by Gasteiger charge is -2.00. The number of nitrogens with two attached hydrogens (primary N) is 1. The highest BCUT2D eigenvalue weighted by Gasteiger charge is 2.09. The van der Waals surface area contributed by atoms with Gasteiger partial charge in [0.1, 0.15) is 5.69 Å². The minimum Gasteiger partial charge on any atom is -0.477 e. The van der Waals surface area contributed by atoms with Crippen molar-refractivity contribution in [1.29, 1.82) is 0 Å². The van der Waals surface area contributed by atoms with Gasteiger partial charge >= 0.3 is 5.97 Å². The van der Waals surface area contributed by atoms with Crippen LogP contribution < -0.4 is 5.73 Å². The number of aromatic carboxylic acids is 1. The largest absolute Gasteiger partial charge is 0.477 e. The fourth-order valence-corrected chi connectivity index (χ4v) is 1.40. The van der Waals surface area contributed by atoms with Gasteiger partial charge in [-0.05, 0) is 18.2 Å². The number of aromatic amines is 1. The summed E-state index contributed by atoms with van der Waals surface area (Å²) in [6.45, 7) is 0. The van der Waals surface area contributed by atoms with Crippen LogP contribution in [0.2, 0.25) is 5.02 Å². The Bertz CT molecular complexity index is 551. The third-order valence-corrected chi connectivity index (χ3v) is 2.44. The normalized spacial score (nSPS) is 10.3. The number of anilines is 1. The van der Waals surface area contributed by atoms with Crippen molar-refractivity contribution in [2.75, 3.05) is 5.73 Å². The average molecular weight is 238 g/mol. The number of rotatable bonds is 2. The van der Waals surface area contributed by atoms with Gasteiger partial charge in [0.2, 0.25) is 0 Å². The summed E-state index contributed by atoms with van der Waals surface area (Å²) >= 11 is 5.78. The fraction of sp³-hybridized carbons (Fsp3) is 0. The number of halogens is 1. The molecular formula is C10H8ClN3O2. The molecule has 0 saturated heterocycles. The van der Waals surface area contributed by atoms with Crippen LogP contribution in [0, 0.1) is 0 Å². The van der Waals surface area contributed by atoms with Crippen molar-refractivity contribution in [3.05, 3.63) is 35.0 Å². The molecule has 0 aliphatic carbocycles. The molecule has 82 valence electrons. The Morgan fingerprint density at radius 3 is 2.75 bits per heavy atom. The summed E-state index contributed by atoms with van der Waals surface area (Å²) in [6, 6.07) is 6.44. The second-order valence-electron chi connectivity index (χ2n) is 3.21. The second-order valence-corrected chi connectivity index (χ2v) is 3.62. The lowest BCUT2D eigenvalue weighted by atomic mass is 10.1. The highest BCUT2D eigenvalue weighted by molar-refractivity contribution is 6.33. The molecule has 0 aliphatic rings. The van der Waals surface area contributed by atoms with E-state index in [9.17, 15) is 4.79 Å². The third-order valence-electron chi connectivity index (χ3n) is 2.10. The van der Waals surface area contributed by atoms with Crippen LogP contribution in [0.15, 0.2) is 24.3 Å². The number of hydrogen-bond acceptors (Lipinski definition) is 3. The number of aromatic nitrogens is 2. The molecule has 0 fully saturated rings. The number of carboxylic acid groups (broad SMARTS) is 1. The molecule has 0 atom stereocenters.